The molecule has 0 aromatic heterocycles. The summed E-state index contributed by atoms with van der Waals surface area (Å²) in [6.07, 6.45) is 0.935. The van der Waals surface area contributed by atoms with Crippen LogP contribution in [0.5, 0.6) is 5.75 Å². The number of rotatable bonds is 3. The monoisotopic (exact) mass is 310 g/mol. The van der Waals surface area contributed by atoms with E-state index in [9.17, 15) is 8.42 Å². The molecule has 21 heavy (non-hydrogen) atoms. The van der Waals surface area contributed by atoms with Crippen molar-refractivity contribution in [3.05, 3.63) is 23.3 Å². The molecule has 0 bridgehead atoms. The molecule has 0 spiro atoms. The number of hydrogen-bond acceptors (Lipinski definition) is 4. The van der Waals surface area contributed by atoms with E-state index >= 15 is 0 Å². The molecule has 0 saturated carbocycles. The van der Waals surface area contributed by atoms with E-state index in [0.29, 0.717) is 23.1 Å². The molecule has 2 atom stereocenters. The molecule has 3 rings (SSSR count). The zero-order valence-corrected chi connectivity index (χ0v) is 13.5. The van der Waals surface area contributed by atoms with Gasteiger partial charge in [-0.1, -0.05) is 6.07 Å². The molecule has 116 valence electrons. The summed E-state index contributed by atoms with van der Waals surface area (Å²) in [5.41, 5.74) is 1.76. The number of methoxy groups -OCH3 is 1. The largest absolute Gasteiger partial charge is 0.495 e. The Morgan fingerprint density at radius 1 is 1.29 bits per heavy atom. The van der Waals surface area contributed by atoms with Crippen LogP contribution in [0.2, 0.25) is 0 Å². The summed E-state index contributed by atoms with van der Waals surface area (Å²) in [6, 6.07) is 3.77. The van der Waals surface area contributed by atoms with E-state index in [0.717, 1.165) is 30.6 Å². The van der Waals surface area contributed by atoms with Gasteiger partial charge >= 0.3 is 0 Å². The topological polar surface area (TPSA) is 58.6 Å². The van der Waals surface area contributed by atoms with Crippen LogP contribution in [-0.2, 0) is 10.0 Å². The van der Waals surface area contributed by atoms with Crippen LogP contribution >= 0.6 is 0 Å². The summed E-state index contributed by atoms with van der Waals surface area (Å²) in [7, 11) is -1.99. The van der Waals surface area contributed by atoms with Gasteiger partial charge in [0.2, 0.25) is 10.0 Å². The summed E-state index contributed by atoms with van der Waals surface area (Å²) in [6.45, 7) is 6.05. The van der Waals surface area contributed by atoms with Gasteiger partial charge in [-0.3, -0.25) is 0 Å². The van der Waals surface area contributed by atoms with Crippen LogP contribution in [-0.4, -0.2) is 45.5 Å². The van der Waals surface area contributed by atoms with E-state index in [1.807, 2.05) is 19.9 Å². The maximum atomic E-state index is 13.1. The van der Waals surface area contributed by atoms with Gasteiger partial charge in [-0.15, -0.1) is 0 Å². The molecule has 1 aromatic carbocycles. The molecule has 2 aliphatic rings. The minimum absolute atomic E-state index is 0.0837. The lowest BCUT2D eigenvalue weighted by molar-refractivity contribution is 0.372. The van der Waals surface area contributed by atoms with Crippen molar-refractivity contribution in [2.75, 3.05) is 26.7 Å². The van der Waals surface area contributed by atoms with E-state index in [-0.39, 0.29) is 6.04 Å². The van der Waals surface area contributed by atoms with Gasteiger partial charge in [-0.25, -0.2) is 8.42 Å². The molecule has 0 unspecified atom stereocenters. The number of sulfonamides is 1. The highest BCUT2D eigenvalue weighted by Crippen LogP contribution is 2.37. The Kier molecular flexibility index (Phi) is 3.71. The van der Waals surface area contributed by atoms with Crippen molar-refractivity contribution in [2.24, 2.45) is 5.92 Å². The molecular formula is C15H22N2O3S. The molecule has 2 saturated heterocycles. The lowest BCUT2D eigenvalue weighted by Crippen LogP contribution is -2.39. The lowest BCUT2D eigenvalue weighted by Gasteiger charge is -2.25. The fourth-order valence-corrected chi connectivity index (χ4v) is 5.67. The van der Waals surface area contributed by atoms with Gasteiger partial charge in [0.1, 0.15) is 10.6 Å². The van der Waals surface area contributed by atoms with E-state index in [2.05, 4.69) is 5.32 Å². The van der Waals surface area contributed by atoms with Crippen molar-refractivity contribution in [3.8, 4) is 5.75 Å². The van der Waals surface area contributed by atoms with Gasteiger partial charge in [0.05, 0.1) is 7.11 Å². The van der Waals surface area contributed by atoms with E-state index in [1.54, 1.807) is 10.4 Å². The number of nitrogens with one attached hydrogen (secondary N) is 1. The van der Waals surface area contributed by atoms with Crippen LogP contribution < -0.4 is 10.1 Å². The second-order valence-electron chi connectivity index (χ2n) is 6.00. The van der Waals surface area contributed by atoms with E-state index in [4.69, 9.17) is 4.74 Å². The van der Waals surface area contributed by atoms with Crippen LogP contribution in [0, 0.1) is 19.8 Å². The SMILES string of the molecule is COc1cc(C)cc(C)c1S(=O)(=O)N1CC[C@H]2CNC[C@H]21. The Labute approximate surface area is 126 Å². The first-order valence-electron chi connectivity index (χ1n) is 7.33. The standard InChI is InChI=1S/C15H22N2O3S/c1-10-6-11(2)15(14(7-10)20-3)21(18,19)17-5-4-12-8-16-9-13(12)17/h6-7,12-13,16H,4-5,8-9H2,1-3H3/t12-,13+/m0/s1. The molecular weight excluding hydrogens is 288 g/mol. The molecule has 5 nitrogen and oxygen atoms in total. The smallest absolute Gasteiger partial charge is 0.247 e. The zero-order chi connectivity index (χ0) is 15.2. The fraction of sp³-hybridized carbons (Fsp3) is 0.600. The zero-order valence-electron chi connectivity index (χ0n) is 12.7. The maximum Gasteiger partial charge on any atom is 0.247 e. The van der Waals surface area contributed by atoms with Gasteiger partial charge in [0.25, 0.3) is 0 Å². The van der Waals surface area contributed by atoms with Crippen molar-refractivity contribution < 1.29 is 13.2 Å². The average molecular weight is 310 g/mol. The number of hydrogen-bond donors (Lipinski definition) is 1. The first-order valence-corrected chi connectivity index (χ1v) is 8.77. The van der Waals surface area contributed by atoms with Crippen molar-refractivity contribution in [3.63, 3.8) is 0 Å². The summed E-state index contributed by atoms with van der Waals surface area (Å²) in [5, 5.41) is 3.29. The second-order valence-corrected chi connectivity index (χ2v) is 7.83. The van der Waals surface area contributed by atoms with Crippen molar-refractivity contribution in [1.82, 2.24) is 9.62 Å². The molecule has 0 amide bonds. The van der Waals surface area contributed by atoms with Crippen LogP contribution in [0.15, 0.2) is 17.0 Å². The summed E-state index contributed by atoms with van der Waals surface area (Å²) >= 11 is 0. The first kappa shape index (κ1) is 14.8. The van der Waals surface area contributed by atoms with Crippen LogP contribution in [0.4, 0.5) is 0 Å². The van der Waals surface area contributed by atoms with Gasteiger partial charge in [-0.05, 0) is 49.9 Å². The van der Waals surface area contributed by atoms with Gasteiger partial charge in [0, 0.05) is 19.1 Å². The van der Waals surface area contributed by atoms with Gasteiger partial charge < -0.3 is 10.1 Å². The third-order valence-electron chi connectivity index (χ3n) is 4.57. The Bertz CT molecular complexity index is 657. The summed E-state index contributed by atoms with van der Waals surface area (Å²) in [4.78, 5) is 0.322. The summed E-state index contributed by atoms with van der Waals surface area (Å²) in [5.74, 6) is 0.887. The molecule has 1 N–H and O–H groups in total. The van der Waals surface area contributed by atoms with Gasteiger partial charge in [-0.2, -0.15) is 4.31 Å². The molecule has 1 aromatic rings. The number of fused-ring (bicyclic) bond motifs is 1. The fourth-order valence-electron chi connectivity index (χ4n) is 3.62. The van der Waals surface area contributed by atoms with Crippen LogP contribution in [0.25, 0.3) is 0 Å². The minimum atomic E-state index is -3.51. The quantitative estimate of drug-likeness (QED) is 0.914. The Morgan fingerprint density at radius 2 is 2.05 bits per heavy atom. The third kappa shape index (κ3) is 2.35. The minimum Gasteiger partial charge on any atom is -0.495 e. The lowest BCUT2D eigenvalue weighted by atomic mass is 10.1. The van der Waals surface area contributed by atoms with Crippen LogP contribution in [0.3, 0.4) is 0 Å². The number of benzene rings is 1. The number of nitrogens with zero attached hydrogens (tertiary/aromatic N) is 1. The van der Waals surface area contributed by atoms with E-state index < -0.39 is 10.0 Å². The predicted octanol–water partition coefficient (Wildman–Crippen LogP) is 1.29. The Hall–Kier alpha value is -1.11. The normalized spacial score (nSPS) is 26.0. The maximum absolute atomic E-state index is 13.1. The highest BCUT2D eigenvalue weighted by molar-refractivity contribution is 7.89. The first-order chi connectivity index (χ1) is 9.95. The third-order valence-corrected chi connectivity index (χ3v) is 6.68. The highest BCUT2D eigenvalue weighted by Gasteiger charge is 2.45. The molecule has 0 radical (unpaired) electrons. The molecule has 2 heterocycles. The Morgan fingerprint density at radius 3 is 2.76 bits per heavy atom. The van der Waals surface area contributed by atoms with Crippen molar-refractivity contribution >= 4 is 10.0 Å². The van der Waals surface area contributed by atoms with Crippen LogP contribution in [0.1, 0.15) is 17.5 Å². The number of aryl methyl sites for hydroxylation is 2. The van der Waals surface area contributed by atoms with E-state index in [1.165, 1.54) is 7.11 Å². The number of ether oxygens (including phenoxy) is 1. The molecule has 6 heteroatoms. The van der Waals surface area contributed by atoms with Crippen molar-refractivity contribution in [1.29, 1.82) is 0 Å². The second kappa shape index (κ2) is 5.26. The molecule has 2 fully saturated rings. The Balaban J connectivity index is 2.07. The van der Waals surface area contributed by atoms with Crippen molar-refractivity contribution in [2.45, 2.75) is 31.2 Å². The molecule has 0 aliphatic carbocycles. The van der Waals surface area contributed by atoms with Gasteiger partial charge in [0.15, 0.2) is 0 Å². The predicted molar refractivity (Wildman–Crippen MR) is 81.1 cm³/mol. The highest BCUT2D eigenvalue weighted by atomic mass is 32.2. The summed E-state index contributed by atoms with van der Waals surface area (Å²) < 4.78 is 33.2. The molecule has 2 aliphatic heterocycles. The average Bonchev–Trinajstić information content (AvgIpc) is 2.98.